The summed E-state index contributed by atoms with van der Waals surface area (Å²) < 4.78 is 6.54. The number of thioether (sulfide) groups is 1. The minimum absolute atomic E-state index is 0.714. The molecule has 1 aromatic heterocycles. The number of fused-ring (bicyclic) bond motifs is 2. The molecule has 0 radical (unpaired) electrons. The van der Waals surface area contributed by atoms with E-state index in [1.54, 1.807) is 18.4 Å². The molecule has 2 saturated heterocycles. The number of benzene rings is 2. The van der Waals surface area contributed by atoms with E-state index in [1.807, 2.05) is 23.9 Å². The van der Waals surface area contributed by atoms with Crippen molar-refractivity contribution in [2.75, 3.05) is 31.3 Å². The fourth-order valence-electron chi connectivity index (χ4n) is 3.94. The molecule has 3 heterocycles. The lowest BCUT2D eigenvalue weighted by Gasteiger charge is -2.16. The zero-order valence-corrected chi connectivity index (χ0v) is 18.1. The maximum atomic E-state index is 5.40. The summed E-state index contributed by atoms with van der Waals surface area (Å²) in [6.07, 6.45) is 3.57. The number of ether oxygens (including phenoxy) is 1. The highest BCUT2D eigenvalue weighted by molar-refractivity contribution is 8.14. The second kappa shape index (κ2) is 8.24. The van der Waals surface area contributed by atoms with Gasteiger partial charge in [0.1, 0.15) is 11.3 Å². The Hall–Kier alpha value is -2.25. The van der Waals surface area contributed by atoms with E-state index in [2.05, 4.69) is 45.5 Å². The molecule has 1 N–H and O–H groups in total. The van der Waals surface area contributed by atoms with E-state index in [-0.39, 0.29) is 0 Å². The Morgan fingerprint density at radius 2 is 2.14 bits per heavy atom. The number of nitrogens with zero attached hydrogens (tertiary/aromatic N) is 3. The minimum Gasteiger partial charge on any atom is -0.494 e. The molecule has 0 saturated carbocycles. The number of nitrogens with one attached hydrogen (secondary N) is 1. The average Bonchev–Trinajstić information content (AvgIpc) is 3.45. The molecule has 5 nitrogen and oxygen atoms in total. The third-order valence-corrected chi connectivity index (χ3v) is 7.59. The molecule has 1 atom stereocenters. The number of methoxy groups -OCH3 is 1. The van der Waals surface area contributed by atoms with Crippen molar-refractivity contribution in [1.82, 2.24) is 9.88 Å². The van der Waals surface area contributed by atoms with Crippen LogP contribution >= 0.6 is 23.1 Å². The summed E-state index contributed by atoms with van der Waals surface area (Å²) in [5.74, 6) is 2.02. The summed E-state index contributed by atoms with van der Waals surface area (Å²) in [6, 6.07) is 15.4. The van der Waals surface area contributed by atoms with Crippen molar-refractivity contribution in [3.05, 3.63) is 48.0 Å². The van der Waals surface area contributed by atoms with Crippen LogP contribution in [0.3, 0.4) is 0 Å². The van der Waals surface area contributed by atoms with E-state index in [9.17, 15) is 0 Å². The lowest BCUT2D eigenvalue weighted by molar-refractivity contribution is 0.419. The first kappa shape index (κ1) is 18.8. The third kappa shape index (κ3) is 3.94. The summed E-state index contributed by atoms with van der Waals surface area (Å²) >= 11 is 3.56. The zero-order valence-electron chi connectivity index (χ0n) is 16.4. The molecule has 0 unspecified atom stereocenters. The van der Waals surface area contributed by atoms with Crippen molar-refractivity contribution in [2.45, 2.75) is 25.3 Å². The molecule has 2 aromatic carbocycles. The number of amidine groups is 1. The average molecular weight is 425 g/mol. The monoisotopic (exact) mass is 424 g/mol. The Balaban J connectivity index is 1.19. The van der Waals surface area contributed by atoms with Gasteiger partial charge in [0.05, 0.1) is 17.5 Å². The molecule has 5 rings (SSSR count). The third-order valence-electron chi connectivity index (χ3n) is 5.48. The Labute approximate surface area is 179 Å². The quantitative estimate of drug-likeness (QED) is 0.592. The summed E-state index contributed by atoms with van der Waals surface area (Å²) in [5.41, 5.74) is 3.28. The predicted octanol–water partition coefficient (Wildman–Crippen LogP) is 5.16. The van der Waals surface area contributed by atoms with Gasteiger partial charge in [0.25, 0.3) is 0 Å². The molecule has 0 amide bonds. The van der Waals surface area contributed by atoms with Gasteiger partial charge < -0.3 is 15.0 Å². The predicted molar refractivity (Wildman–Crippen MR) is 124 cm³/mol. The zero-order chi connectivity index (χ0) is 19.6. The van der Waals surface area contributed by atoms with E-state index in [4.69, 9.17) is 9.73 Å². The number of aliphatic imine (C=N–C) groups is 1. The number of aromatic nitrogens is 1. The number of para-hydroxylation sites is 1. The Morgan fingerprint density at radius 3 is 3.00 bits per heavy atom. The van der Waals surface area contributed by atoms with E-state index >= 15 is 0 Å². The van der Waals surface area contributed by atoms with Crippen LogP contribution < -0.4 is 10.1 Å². The number of hydrogen-bond donors (Lipinski definition) is 1. The standard InChI is InChI=1S/C22H24N4OS2/c1-27-18-5-2-6-19-20(18)25-21(29-19)23-12-11-15-7-9-16(10-8-15)24-22-26-13-3-4-17(26)14-28-22/h2,5-10,17H,3-4,11-14H2,1H3,(H,23,25)/t17-/m0/s1. The summed E-state index contributed by atoms with van der Waals surface area (Å²) in [4.78, 5) is 12.0. The molecular formula is C22H24N4OS2. The second-order valence-corrected chi connectivity index (χ2v) is 9.38. The van der Waals surface area contributed by atoms with Crippen LogP contribution in [-0.2, 0) is 6.42 Å². The molecule has 2 fully saturated rings. The van der Waals surface area contributed by atoms with Crippen LogP contribution in [0.25, 0.3) is 10.2 Å². The van der Waals surface area contributed by atoms with Crippen molar-refractivity contribution in [3.63, 3.8) is 0 Å². The van der Waals surface area contributed by atoms with Crippen LogP contribution in [0.1, 0.15) is 18.4 Å². The van der Waals surface area contributed by atoms with E-state index in [1.165, 1.54) is 29.3 Å². The molecule has 150 valence electrons. The summed E-state index contributed by atoms with van der Waals surface area (Å²) in [5, 5.41) is 5.58. The fourth-order valence-corrected chi connectivity index (χ4v) is 6.11. The van der Waals surface area contributed by atoms with Gasteiger partial charge >= 0.3 is 0 Å². The van der Waals surface area contributed by atoms with Crippen molar-refractivity contribution >= 4 is 49.3 Å². The molecule has 0 spiro atoms. The number of thiazole rings is 1. The summed E-state index contributed by atoms with van der Waals surface area (Å²) in [7, 11) is 1.69. The van der Waals surface area contributed by atoms with Gasteiger partial charge in [-0.3, -0.25) is 0 Å². The van der Waals surface area contributed by atoms with E-state index in [0.29, 0.717) is 6.04 Å². The van der Waals surface area contributed by atoms with Crippen LogP contribution in [0.15, 0.2) is 47.5 Å². The molecular weight excluding hydrogens is 400 g/mol. The number of hydrogen-bond acceptors (Lipinski definition) is 6. The van der Waals surface area contributed by atoms with Gasteiger partial charge in [-0.25, -0.2) is 9.98 Å². The highest BCUT2D eigenvalue weighted by Gasteiger charge is 2.33. The van der Waals surface area contributed by atoms with E-state index in [0.717, 1.165) is 46.3 Å². The maximum absolute atomic E-state index is 5.40. The van der Waals surface area contributed by atoms with Crippen molar-refractivity contribution in [1.29, 1.82) is 0 Å². The maximum Gasteiger partial charge on any atom is 0.183 e. The Kier molecular flexibility index (Phi) is 5.33. The van der Waals surface area contributed by atoms with Gasteiger partial charge in [-0.2, -0.15) is 0 Å². The van der Waals surface area contributed by atoms with Crippen LogP contribution in [0, 0.1) is 0 Å². The fraction of sp³-hybridized carbons (Fsp3) is 0.364. The van der Waals surface area contributed by atoms with Crippen LogP contribution in [0.4, 0.5) is 10.8 Å². The van der Waals surface area contributed by atoms with Crippen LogP contribution in [0.5, 0.6) is 5.75 Å². The number of anilines is 1. The molecule has 3 aromatic rings. The van der Waals surface area contributed by atoms with E-state index < -0.39 is 0 Å². The molecule has 7 heteroatoms. The first-order valence-electron chi connectivity index (χ1n) is 10.0. The SMILES string of the molecule is COc1cccc2sc(NCCc3ccc(N=C4SC[C@@H]5CCCN45)cc3)nc12. The smallest absolute Gasteiger partial charge is 0.183 e. The van der Waals surface area contributed by atoms with Gasteiger partial charge in [0.15, 0.2) is 10.3 Å². The molecule has 29 heavy (non-hydrogen) atoms. The first-order chi connectivity index (χ1) is 14.3. The highest BCUT2D eigenvalue weighted by atomic mass is 32.2. The first-order valence-corrected chi connectivity index (χ1v) is 11.8. The highest BCUT2D eigenvalue weighted by Crippen LogP contribution is 2.34. The largest absolute Gasteiger partial charge is 0.494 e. The van der Waals surface area contributed by atoms with Crippen LogP contribution in [-0.4, -0.2) is 47.0 Å². The molecule has 2 aliphatic rings. The Morgan fingerprint density at radius 1 is 1.24 bits per heavy atom. The minimum atomic E-state index is 0.714. The second-order valence-electron chi connectivity index (χ2n) is 7.36. The normalized spacial score (nSPS) is 19.8. The molecule has 2 aliphatic heterocycles. The van der Waals surface area contributed by atoms with Crippen LogP contribution in [0.2, 0.25) is 0 Å². The van der Waals surface area contributed by atoms with Gasteiger partial charge in [0, 0.05) is 24.9 Å². The Bertz CT molecular complexity index is 1030. The lowest BCUT2D eigenvalue weighted by Crippen LogP contribution is -2.27. The van der Waals surface area contributed by atoms with Crippen molar-refractivity contribution in [2.24, 2.45) is 4.99 Å². The van der Waals surface area contributed by atoms with Gasteiger partial charge in [-0.1, -0.05) is 41.3 Å². The topological polar surface area (TPSA) is 49.8 Å². The van der Waals surface area contributed by atoms with Gasteiger partial charge in [-0.05, 0) is 49.1 Å². The van der Waals surface area contributed by atoms with Crippen molar-refractivity contribution < 1.29 is 4.74 Å². The van der Waals surface area contributed by atoms with Crippen molar-refractivity contribution in [3.8, 4) is 5.75 Å². The van der Waals surface area contributed by atoms with Gasteiger partial charge in [0.2, 0.25) is 0 Å². The summed E-state index contributed by atoms with van der Waals surface area (Å²) in [6.45, 7) is 2.01. The number of rotatable bonds is 6. The lowest BCUT2D eigenvalue weighted by atomic mass is 10.1. The molecule has 0 aliphatic carbocycles. The molecule has 0 bridgehead atoms. The van der Waals surface area contributed by atoms with Gasteiger partial charge in [-0.15, -0.1) is 0 Å².